The Morgan fingerprint density at radius 1 is 1.29 bits per heavy atom. The second-order valence-electron chi connectivity index (χ2n) is 4.85. The first-order chi connectivity index (χ1) is 11.3. The van der Waals surface area contributed by atoms with Gasteiger partial charge in [-0.3, -0.25) is 0 Å². The lowest BCUT2D eigenvalue weighted by molar-refractivity contribution is -0.141. The smallest absolute Gasteiger partial charge is 0.434 e. The molecule has 1 N–H and O–H groups in total. The molecule has 0 fully saturated rings. The van der Waals surface area contributed by atoms with Crippen molar-refractivity contribution in [2.75, 3.05) is 11.9 Å². The van der Waals surface area contributed by atoms with Crippen molar-refractivity contribution in [3.8, 4) is 0 Å². The maximum absolute atomic E-state index is 13.2. The molecule has 1 aromatic heterocycles. The predicted octanol–water partition coefficient (Wildman–Crippen LogP) is 3.98. The number of esters is 1. The summed E-state index contributed by atoms with van der Waals surface area (Å²) < 4.78 is 44.1. The van der Waals surface area contributed by atoms with Crippen LogP contribution in [0.1, 0.15) is 35.5 Å². The monoisotopic (exact) mass is 339 g/mol. The summed E-state index contributed by atoms with van der Waals surface area (Å²) in [6.45, 7) is 3.42. The number of ether oxygens (including phenoxy) is 1. The van der Waals surface area contributed by atoms with Crippen LogP contribution in [0.2, 0.25) is 0 Å². The highest BCUT2D eigenvalue weighted by atomic mass is 19.4. The Morgan fingerprint density at radius 2 is 2.04 bits per heavy atom. The zero-order chi connectivity index (χ0) is 17.7. The summed E-state index contributed by atoms with van der Waals surface area (Å²) in [6, 6.07) is 7.15. The van der Waals surface area contributed by atoms with E-state index in [4.69, 9.17) is 0 Å². The average Bonchev–Trinajstić information content (AvgIpc) is 2.54. The van der Waals surface area contributed by atoms with Crippen molar-refractivity contribution in [2.45, 2.75) is 26.4 Å². The van der Waals surface area contributed by atoms with Crippen LogP contribution in [0.25, 0.3) is 0 Å². The molecule has 5 nitrogen and oxygen atoms in total. The molecule has 0 aliphatic rings. The van der Waals surface area contributed by atoms with Crippen molar-refractivity contribution in [2.24, 2.45) is 0 Å². The number of benzene rings is 1. The summed E-state index contributed by atoms with van der Waals surface area (Å²) in [5.74, 6) is -1.35. The average molecular weight is 339 g/mol. The normalized spacial score (nSPS) is 11.2. The van der Waals surface area contributed by atoms with E-state index in [1.165, 1.54) is 6.92 Å². The Morgan fingerprint density at radius 3 is 2.67 bits per heavy atom. The highest BCUT2D eigenvalue weighted by Gasteiger charge is 2.38. The number of alkyl halides is 3. The topological polar surface area (TPSA) is 64.1 Å². The van der Waals surface area contributed by atoms with Gasteiger partial charge in [-0.1, -0.05) is 19.1 Å². The fraction of sp³-hybridized carbons (Fsp3) is 0.312. The highest BCUT2D eigenvalue weighted by Crippen LogP contribution is 2.31. The Kier molecular flexibility index (Phi) is 5.38. The second-order valence-corrected chi connectivity index (χ2v) is 4.85. The molecule has 2 aromatic rings. The van der Waals surface area contributed by atoms with E-state index in [1.54, 1.807) is 18.2 Å². The Hall–Kier alpha value is -2.64. The molecule has 0 aliphatic carbocycles. The number of nitrogens with zero attached hydrogens (tertiary/aromatic N) is 2. The number of carbonyl (C=O) groups excluding carboxylic acids is 1. The molecule has 0 spiro atoms. The quantitative estimate of drug-likeness (QED) is 0.835. The third kappa shape index (κ3) is 4.21. The first-order valence-corrected chi connectivity index (χ1v) is 7.32. The van der Waals surface area contributed by atoms with E-state index in [1.807, 2.05) is 13.0 Å². The van der Waals surface area contributed by atoms with E-state index in [-0.39, 0.29) is 12.6 Å². The van der Waals surface area contributed by atoms with Crippen LogP contribution in [0.15, 0.2) is 30.5 Å². The van der Waals surface area contributed by atoms with E-state index in [0.717, 1.165) is 18.2 Å². The maximum Gasteiger partial charge on any atom is 0.434 e. The van der Waals surface area contributed by atoms with Gasteiger partial charge in [0.1, 0.15) is 5.56 Å². The van der Waals surface area contributed by atoms with Crippen LogP contribution >= 0.6 is 0 Å². The minimum Gasteiger partial charge on any atom is -0.462 e. The van der Waals surface area contributed by atoms with Crippen molar-refractivity contribution in [1.82, 2.24) is 9.97 Å². The summed E-state index contributed by atoms with van der Waals surface area (Å²) in [4.78, 5) is 18.9. The molecule has 1 heterocycles. The number of anilines is 2. The van der Waals surface area contributed by atoms with Gasteiger partial charge in [-0.05, 0) is 31.0 Å². The summed E-state index contributed by atoms with van der Waals surface area (Å²) in [7, 11) is 0. The first kappa shape index (κ1) is 17.7. The van der Waals surface area contributed by atoms with Crippen molar-refractivity contribution in [3.05, 3.63) is 47.3 Å². The Bertz CT molecular complexity index is 733. The van der Waals surface area contributed by atoms with Gasteiger partial charge in [0.2, 0.25) is 5.95 Å². The van der Waals surface area contributed by atoms with Crippen molar-refractivity contribution < 1.29 is 22.7 Å². The molecule has 128 valence electrons. The molecule has 2 rings (SSSR count). The number of nitrogens with one attached hydrogen (secondary N) is 1. The lowest BCUT2D eigenvalue weighted by Crippen LogP contribution is -2.19. The number of halogens is 3. The molecule has 0 saturated heterocycles. The molecule has 0 unspecified atom stereocenters. The molecule has 0 atom stereocenters. The van der Waals surface area contributed by atoms with Gasteiger partial charge < -0.3 is 10.1 Å². The van der Waals surface area contributed by atoms with Crippen LogP contribution in [0, 0.1) is 0 Å². The molecule has 0 saturated carbocycles. The summed E-state index contributed by atoms with van der Waals surface area (Å²) in [5.41, 5.74) is -0.465. The van der Waals surface area contributed by atoms with Crippen molar-refractivity contribution in [1.29, 1.82) is 0 Å². The standard InChI is InChI=1S/C16H16F3N3O2/c1-3-10-6-5-7-11(8-10)21-15-20-9-12(14(23)24-4-2)13(22-15)16(17,18)19/h5-9H,3-4H2,1-2H3,(H,20,21,22). The van der Waals surface area contributed by atoms with Gasteiger partial charge in [0.15, 0.2) is 5.69 Å². The number of rotatable bonds is 5. The summed E-state index contributed by atoms with van der Waals surface area (Å²) in [5, 5.41) is 2.71. The number of aromatic nitrogens is 2. The second kappa shape index (κ2) is 7.29. The summed E-state index contributed by atoms with van der Waals surface area (Å²) in [6.07, 6.45) is -3.20. The van der Waals surface area contributed by atoms with Crippen LogP contribution in [0.3, 0.4) is 0 Å². The van der Waals surface area contributed by atoms with Gasteiger partial charge in [0.25, 0.3) is 0 Å². The van der Waals surface area contributed by atoms with Crippen molar-refractivity contribution >= 4 is 17.6 Å². The van der Waals surface area contributed by atoms with Crippen LogP contribution < -0.4 is 5.32 Å². The molecule has 24 heavy (non-hydrogen) atoms. The number of hydrogen-bond acceptors (Lipinski definition) is 5. The lowest BCUT2D eigenvalue weighted by atomic mass is 10.1. The van der Waals surface area contributed by atoms with Crippen LogP contribution in [0.4, 0.5) is 24.8 Å². The number of aryl methyl sites for hydroxylation is 1. The molecule has 0 aliphatic heterocycles. The van der Waals surface area contributed by atoms with Crippen LogP contribution in [-0.2, 0) is 17.3 Å². The van der Waals surface area contributed by atoms with Crippen molar-refractivity contribution in [3.63, 3.8) is 0 Å². The fourth-order valence-electron chi connectivity index (χ4n) is 2.01. The third-order valence-corrected chi connectivity index (χ3v) is 3.14. The Balaban J connectivity index is 2.37. The zero-order valence-corrected chi connectivity index (χ0v) is 13.1. The molecular weight excluding hydrogens is 323 g/mol. The minimum absolute atomic E-state index is 0.0417. The molecule has 0 amide bonds. The molecule has 1 aromatic carbocycles. The number of hydrogen-bond donors (Lipinski definition) is 1. The first-order valence-electron chi connectivity index (χ1n) is 7.32. The number of carbonyl (C=O) groups is 1. The largest absolute Gasteiger partial charge is 0.462 e. The fourth-order valence-corrected chi connectivity index (χ4v) is 2.01. The van der Waals surface area contributed by atoms with E-state index in [9.17, 15) is 18.0 Å². The van der Waals surface area contributed by atoms with Gasteiger partial charge in [0, 0.05) is 11.9 Å². The van der Waals surface area contributed by atoms with Gasteiger partial charge >= 0.3 is 12.1 Å². The van der Waals surface area contributed by atoms with E-state index >= 15 is 0 Å². The zero-order valence-electron chi connectivity index (χ0n) is 13.1. The van der Waals surface area contributed by atoms with E-state index < -0.39 is 23.4 Å². The van der Waals surface area contributed by atoms with Crippen LogP contribution in [0.5, 0.6) is 0 Å². The third-order valence-electron chi connectivity index (χ3n) is 3.14. The lowest BCUT2D eigenvalue weighted by Gasteiger charge is -2.13. The van der Waals surface area contributed by atoms with E-state index in [2.05, 4.69) is 20.0 Å². The highest BCUT2D eigenvalue weighted by molar-refractivity contribution is 5.90. The molecule has 8 heteroatoms. The van der Waals surface area contributed by atoms with Gasteiger partial charge in [0.05, 0.1) is 6.61 Å². The Labute approximate surface area is 136 Å². The van der Waals surface area contributed by atoms with Crippen LogP contribution in [-0.4, -0.2) is 22.5 Å². The molecule has 0 radical (unpaired) electrons. The molecule has 0 bridgehead atoms. The van der Waals surface area contributed by atoms with E-state index in [0.29, 0.717) is 5.69 Å². The van der Waals surface area contributed by atoms with Gasteiger partial charge in [-0.15, -0.1) is 0 Å². The van der Waals surface area contributed by atoms with Gasteiger partial charge in [-0.25, -0.2) is 14.8 Å². The minimum atomic E-state index is -4.80. The SMILES string of the molecule is CCOC(=O)c1cnc(Nc2cccc(CC)c2)nc1C(F)(F)F. The van der Waals surface area contributed by atoms with Gasteiger partial charge in [-0.2, -0.15) is 13.2 Å². The molecular formula is C16H16F3N3O2. The summed E-state index contributed by atoms with van der Waals surface area (Å²) >= 11 is 0. The predicted molar refractivity (Wildman–Crippen MR) is 82.1 cm³/mol. The maximum atomic E-state index is 13.2.